The smallest absolute Gasteiger partial charge is 0.367 e. The molecule has 2 aromatic rings. The summed E-state index contributed by atoms with van der Waals surface area (Å²) in [7, 11) is 0. The Hall–Kier alpha value is -2.91. The van der Waals surface area contributed by atoms with Gasteiger partial charge in [-0.15, -0.1) is 10.2 Å². The summed E-state index contributed by atoms with van der Waals surface area (Å²) in [6.45, 7) is 0.281. The fraction of sp³-hybridized carbons (Fsp3) is 0.286. The van der Waals surface area contributed by atoms with E-state index in [0.29, 0.717) is 11.6 Å². The van der Waals surface area contributed by atoms with Crippen molar-refractivity contribution in [1.29, 1.82) is 0 Å². The van der Waals surface area contributed by atoms with Crippen molar-refractivity contribution >= 4 is 23.2 Å². The predicted molar refractivity (Wildman–Crippen MR) is 81.7 cm³/mol. The van der Waals surface area contributed by atoms with E-state index in [1.165, 1.54) is 0 Å². The maximum atomic E-state index is 12.0. The number of alkyl halides is 3. The van der Waals surface area contributed by atoms with E-state index in [1.54, 1.807) is 36.7 Å². The quantitative estimate of drug-likeness (QED) is 0.669. The number of carbonyl (C=O) groups is 1. The Bertz CT molecular complexity index is 648. The number of anilines is 3. The Kier molecular flexibility index (Phi) is 5.88. The van der Waals surface area contributed by atoms with E-state index in [9.17, 15) is 18.0 Å². The van der Waals surface area contributed by atoms with E-state index in [1.807, 2.05) is 0 Å². The summed E-state index contributed by atoms with van der Waals surface area (Å²) in [5.41, 5.74) is 0.812. The van der Waals surface area contributed by atoms with Gasteiger partial charge in [-0.2, -0.15) is 13.2 Å². The minimum Gasteiger partial charge on any atom is -0.367 e. The molecule has 0 saturated heterocycles. The second-order valence-corrected chi connectivity index (χ2v) is 4.73. The lowest BCUT2D eigenvalue weighted by atomic mass is 10.4. The normalized spacial score (nSPS) is 11.0. The zero-order valence-electron chi connectivity index (χ0n) is 12.5. The zero-order valence-corrected chi connectivity index (χ0v) is 12.5. The maximum Gasteiger partial charge on any atom is 0.397 e. The van der Waals surface area contributed by atoms with Gasteiger partial charge in [0.25, 0.3) is 0 Å². The third kappa shape index (κ3) is 6.46. The van der Waals surface area contributed by atoms with Crippen LogP contribution in [0, 0.1) is 0 Å². The van der Waals surface area contributed by atoms with Crippen LogP contribution in [-0.2, 0) is 4.79 Å². The highest BCUT2D eigenvalue weighted by Gasteiger charge is 2.30. The predicted octanol–water partition coefficient (Wildman–Crippen LogP) is 2.10. The molecule has 0 radical (unpaired) electrons. The van der Waals surface area contributed by atoms with E-state index >= 15 is 0 Å². The van der Waals surface area contributed by atoms with Crippen LogP contribution in [0.4, 0.5) is 30.5 Å². The van der Waals surface area contributed by atoms with Gasteiger partial charge in [-0.1, -0.05) is 0 Å². The van der Waals surface area contributed by atoms with Gasteiger partial charge in [-0.3, -0.25) is 9.78 Å². The summed E-state index contributed by atoms with van der Waals surface area (Å²) in [5.74, 6) is -0.0853. The molecule has 7 nitrogen and oxygen atoms in total. The fourth-order valence-electron chi connectivity index (χ4n) is 1.71. The molecular weight excluding hydrogens is 325 g/mol. The van der Waals surface area contributed by atoms with Crippen LogP contribution < -0.4 is 16.0 Å². The maximum absolute atomic E-state index is 12.0. The Morgan fingerprint density at radius 1 is 1.00 bits per heavy atom. The summed E-state index contributed by atoms with van der Waals surface area (Å²) < 4.78 is 35.9. The zero-order chi connectivity index (χ0) is 17.4. The molecule has 0 atom stereocenters. The van der Waals surface area contributed by atoms with E-state index in [-0.39, 0.29) is 13.1 Å². The van der Waals surface area contributed by atoms with Crippen LogP contribution in [0.25, 0.3) is 0 Å². The first-order chi connectivity index (χ1) is 11.4. The number of carbonyl (C=O) groups excluding carboxylic acids is 1. The van der Waals surface area contributed by atoms with Crippen LogP contribution in [0.1, 0.15) is 6.42 Å². The van der Waals surface area contributed by atoms with Gasteiger partial charge in [0.1, 0.15) is 12.2 Å². The summed E-state index contributed by atoms with van der Waals surface area (Å²) >= 11 is 0. The third-order valence-corrected chi connectivity index (χ3v) is 2.73. The van der Waals surface area contributed by atoms with Gasteiger partial charge in [-0.25, -0.2) is 0 Å². The molecule has 1 amide bonds. The van der Waals surface area contributed by atoms with Crippen molar-refractivity contribution in [1.82, 2.24) is 20.5 Å². The molecule has 24 heavy (non-hydrogen) atoms. The van der Waals surface area contributed by atoms with Crippen molar-refractivity contribution in [2.75, 3.05) is 23.7 Å². The van der Waals surface area contributed by atoms with E-state index < -0.39 is 18.5 Å². The van der Waals surface area contributed by atoms with E-state index in [0.717, 1.165) is 5.69 Å². The highest BCUT2D eigenvalue weighted by molar-refractivity contribution is 5.76. The van der Waals surface area contributed by atoms with Gasteiger partial charge in [0, 0.05) is 31.2 Å². The summed E-state index contributed by atoms with van der Waals surface area (Å²) in [6.07, 6.45) is -2.71. The van der Waals surface area contributed by atoms with Gasteiger partial charge < -0.3 is 16.0 Å². The highest BCUT2D eigenvalue weighted by Crippen LogP contribution is 2.18. The van der Waals surface area contributed by atoms with Crippen LogP contribution in [0.3, 0.4) is 0 Å². The number of pyridine rings is 1. The number of amides is 1. The summed E-state index contributed by atoms with van der Waals surface area (Å²) in [4.78, 5) is 14.9. The van der Waals surface area contributed by atoms with Crippen LogP contribution in [-0.4, -0.2) is 40.4 Å². The Balaban J connectivity index is 1.71. The van der Waals surface area contributed by atoms with E-state index in [2.05, 4.69) is 31.1 Å². The van der Waals surface area contributed by atoms with Gasteiger partial charge in [0.15, 0.2) is 5.82 Å². The molecule has 0 aliphatic rings. The van der Waals surface area contributed by atoms with Crippen molar-refractivity contribution in [3.05, 3.63) is 36.7 Å². The molecule has 0 saturated carbocycles. The molecule has 10 heteroatoms. The molecular formula is C14H15F3N6O. The summed E-state index contributed by atoms with van der Waals surface area (Å²) in [5, 5.41) is 15.9. The van der Waals surface area contributed by atoms with Gasteiger partial charge in [-0.05, 0) is 24.3 Å². The Labute approximate surface area is 135 Å². The van der Waals surface area contributed by atoms with Crippen LogP contribution >= 0.6 is 0 Å². The fourth-order valence-corrected chi connectivity index (χ4v) is 1.71. The molecule has 0 aliphatic carbocycles. The minimum atomic E-state index is -4.50. The lowest BCUT2D eigenvalue weighted by Crippen LogP contribution is -2.32. The lowest BCUT2D eigenvalue weighted by molar-refractivity contribution is -0.153. The van der Waals surface area contributed by atoms with Crippen molar-refractivity contribution < 1.29 is 18.0 Å². The number of hydrogen-bond donors (Lipinski definition) is 3. The first kappa shape index (κ1) is 17.4. The molecule has 0 fully saturated rings. The number of halogens is 3. The average molecular weight is 340 g/mol. The Morgan fingerprint density at radius 2 is 1.67 bits per heavy atom. The second-order valence-electron chi connectivity index (χ2n) is 4.73. The molecule has 0 unspecified atom stereocenters. The van der Waals surface area contributed by atoms with Gasteiger partial charge in [0.05, 0.1) is 0 Å². The van der Waals surface area contributed by atoms with Crippen LogP contribution in [0.2, 0.25) is 0 Å². The molecule has 2 aromatic heterocycles. The number of rotatable bonds is 7. The molecule has 0 bridgehead atoms. The number of aromatic nitrogens is 3. The minimum absolute atomic E-state index is 0.0492. The molecule has 0 spiro atoms. The number of nitrogens with zero attached hydrogens (tertiary/aromatic N) is 3. The van der Waals surface area contributed by atoms with Crippen molar-refractivity contribution in [2.24, 2.45) is 0 Å². The molecule has 128 valence electrons. The first-order valence-corrected chi connectivity index (χ1v) is 7.00. The lowest BCUT2D eigenvalue weighted by Gasteiger charge is -2.09. The topological polar surface area (TPSA) is 91.8 Å². The van der Waals surface area contributed by atoms with Gasteiger partial charge in [0.2, 0.25) is 5.91 Å². The molecule has 2 rings (SSSR count). The standard InChI is InChI=1S/C14H15F3N6O/c15-14(16,17)9-13(24)20-8-7-19-11-1-2-12(23-22-11)21-10-3-5-18-6-4-10/h1-6H,7-9H2,(H,19,22)(H,20,24)(H,18,21,23). The largest absolute Gasteiger partial charge is 0.397 e. The van der Waals surface area contributed by atoms with Crippen molar-refractivity contribution in [2.45, 2.75) is 12.6 Å². The summed E-state index contributed by atoms with van der Waals surface area (Å²) in [6, 6.07) is 6.90. The average Bonchev–Trinajstić information content (AvgIpc) is 2.52. The highest BCUT2D eigenvalue weighted by atomic mass is 19.4. The van der Waals surface area contributed by atoms with Gasteiger partial charge >= 0.3 is 6.18 Å². The molecule has 2 heterocycles. The number of nitrogens with one attached hydrogen (secondary N) is 3. The van der Waals surface area contributed by atoms with Crippen LogP contribution in [0.15, 0.2) is 36.7 Å². The van der Waals surface area contributed by atoms with E-state index in [4.69, 9.17) is 0 Å². The Morgan fingerprint density at radius 3 is 2.29 bits per heavy atom. The second kappa shape index (κ2) is 8.09. The van der Waals surface area contributed by atoms with Crippen LogP contribution in [0.5, 0.6) is 0 Å². The molecule has 0 aliphatic heterocycles. The SMILES string of the molecule is O=C(CC(F)(F)F)NCCNc1ccc(Nc2ccncc2)nn1. The third-order valence-electron chi connectivity index (χ3n) is 2.73. The monoisotopic (exact) mass is 340 g/mol. The number of hydrogen-bond acceptors (Lipinski definition) is 6. The first-order valence-electron chi connectivity index (χ1n) is 7.00. The van der Waals surface area contributed by atoms with Crippen molar-refractivity contribution in [3.63, 3.8) is 0 Å². The molecule has 3 N–H and O–H groups in total. The van der Waals surface area contributed by atoms with Crippen molar-refractivity contribution in [3.8, 4) is 0 Å². The molecule has 0 aromatic carbocycles.